The highest BCUT2D eigenvalue weighted by atomic mass is 16.3. The van der Waals surface area contributed by atoms with E-state index in [1.807, 2.05) is 12.1 Å². The minimum absolute atomic E-state index is 0.109. The van der Waals surface area contributed by atoms with E-state index in [2.05, 4.69) is 20.4 Å². The Labute approximate surface area is 128 Å². The van der Waals surface area contributed by atoms with E-state index in [0.29, 0.717) is 5.76 Å². The lowest BCUT2D eigenvalue weighted by atomic mass is 10.1. The van der Waals surface area contributed by atoms with Gasteiger partial charge in [0, 0.05) is 31.4 Å². The molecule has 0 radical (unpaired) electrons. The van der Waals surface area contributed by atoms with Crippen LogP contribution in [-0.2, 0) is 4.79 Å². The Morgan fingerprint density at radius 3 is 3.14 bits per heavy atom. The number of rotatable bonds is 4. The molecule has 1 aliphatic heterocycles. The van der Waals surface area contributed by atoms with E-state index in [1.165, 1.54) is 6.08 Å². The summed E-state index contributed by atoms with van der Waals surface area (Å²) < 4.78 is 5.16. The summed E-state index contributed by atoms with van der Waals surface area (Å²) in [7, 11) is 0. The number of piperidine rings is 1. The minimum Gasteiger partial charge on any atom is -0.465 e. The van der Waals surface area contributed by atoms with E-state index in [1.54, 1.807) is 30.7 Å². The number of carbonyl (C=O) groups is 1. The Morgan fingerprint density at radius 1 is 1.41 bits per heavy atom. The Kier molecular flexibility index (Phi) is 4.48. The molecule has 22 heavy (non-hydrogen) atoms. The van der Waals surface area contributed by atoms with Crippen molar-refractivity contribution < 1.29 is 9.21 Å². The zero-order valence-corrected chi connectivity index (χ0v) is 12.2. The lowest BCUT2D eigenvalue weighted by Gasteiger charge is -2.33. The summed E-state index contributed by atoms with van der Waals surface area (Å²) in [5.74, 6) is 1.41. The molecule has 2 aromatic heterocycles. The fourth-order valence-electron chi connectivity index (χ4n) is 2.56. The lowest BCUT2D eigenvalue weighted by Crippen LogP contribution is -2.47. The van der Waals surface area contributed by atoms with Crippen LogP contribution in [0.5, 0.6) is 0 Å². The lowest BCUT2D eigenvalue weighted by molar-refractivity contribution is -0.117. The van der Waals surface area contributed by atoms with E-state index in [0.717, 1.165) is 31.7 Å². The smallest absolute Gasteiger partial charge is 0.244 e. The second-order valence-electron chi connectivity index (χ2n) is 5.22. The first-order valence-electron chi connectivity index (χ1n) is 7.36. The summed E-state index contributed by atoms with van der Waals surface area (Å²) in [6, 6.07) is 7.52. The maximum Gasteiger partial charge on any atom is 0.244 e. The van der Waals surface area contributed by atoms with Gasteiger partial charge in [0.1, 0.15) is 5.76 Å². The molecule has 0 aromatic carbocycles. The van der Waals surface area contributed by atoms with Crippen molar-refractivity contribution in [1.82, 2.24) is 15.5 Å². The topological polar surface area (TPSA) is 71.3 Å². The number of aromatic nitrogens is 2. The van der Waals surface area contributed by atoms with Crippen molar-refractivity contribution in [2.75, 3.05) is 18.0 Å². The van der Waals surface area contributed by atoms with Crippen LogP contribution in [0.2, 0.25) is 0 Å². The van der Waals surface area contributed by atoms with E-state index in [4.69, 9.17) is 4.42 Å². The maximum atomic E-state index is 12.0. The van der Waals surface area contributed by atoms with Gasteiger partial charge >= 0.3 is 0 Å². The van der Waals surface area contributed by atoms with E-state index < -0.39 is 0 Å². The standard InChI is InChI=1S/C16H18N4O2/c21-16(8-7-14-5-3-11-22-14)18-13-4-2-10-20(12-13)15-6-1-9-17-19-15/h1,3,5-9,11,13H,2,4,10,12H2,(H,18,21). The molecule has 3 heterocycles. The molecule has 6 heteroatoms. The van der Waals surface area contributed by atoms with Crippen LogP contribution in [0, 0.1) is 0 Å². The third-order valence-electron chi connectivity index (χ3n) is 3.59. The van der Waals surface area contributed by atoms with Crippen molar-refractivity contribution in [3.05, 3.63) is 48.6 Å². The molecule has 1 atom stereocenters. The van der Waals surface area contributed by atoms with Gasteiger partial charge in [0.2, 0.25) is 5.91 Å². The highest BCUT2D eigenvalue weighted by Gasteiger charge is 2.21. The van der Waals surface area contributed by atoms with E-state index in [-0.39, 0.29) is 11.9 Å². The summed E-state index contributed by atoms with van der Waals surface area (Å²) in [6.45, 7) is 1.69. The third kappa shape index (κ3) is 3.72. The van der Waals surface area contributed by atoms with Gasteiger partial charge in [-0.3, -0.25) is 4.79 Å². The van der Waals surface area contributed by atoms with Gasteiger partial charge in [0.05, 0.1) is 6.26 Å². The second kappa shape index (κ2) is 6.89. The van der Waals surface area contributed by atoms with E-state index >= 15 is 0 Å². The van der Waals surface area contributed by atoms with Gasteiger partial charge in [-0.05, 0) is 43.2 Å². The minimum atomic E-state index is -0.109. The summed E-state index contributed by atoms with van der Waals surface area (Å²) in [4.78, 5) is 14.1. The molecule has 1 saturated heterocycles. The Hall–Kier alpha value is -2.63. The first-order chi connectivity index (χ1) is 10.8. The number of anilines is 1. The quantitative estimate of drug-likeness (QED) is 0.872. The number of hydrogen-bond acceptors (Lipinski definition) is 5. The normalized spacial score (nSPS) is 18.5. The van der Waals surface area contributed by atoms with Gasteiger partial charge in [0.15, 0.2) is 5.82 Å². The fourth-order valence-corrected chi connectivity index (χ4v) is 2.56. The zero-order chi connectivity index (χ0) is 15.2. The highest BCUT2D eigenvalue weighted by molar-refractivity contribution is 5.91. The summed E-state index contributed by atoms with van der Waals surface area (Å²) >= 11 is 0. The maximum absolute atomic E-state index is 12.0. The average molecular weight is 298 g/mol. The van der Waals surface area contributed by atoms with Crippen LogP contribution in [-0.4, -0.2) is 35.2 Å². The van der Waals surface area contributed by atoms with Gasteiger partial charge in [-0.2, -0.15) is 5.10 Å². The molecule has 0 spiro atoms. The molecule has 3 rings (SSSR count). The van der Waals surface area contributed by atoms with Crippen LogP contribution in [0.25, 0.3) is 6.08 Å². The monoisotopic (exact) mass is 298 g/mol. The van der Waals surface area contributed by atoms with Crippen molar-refractivity contribution in [3.8, 4) is 0 Å². The van der Waals surface area contributed by atoms with Crippen LogP contribution in [0.3, 0.4) is 0 Å². The van der Waals surface area contributed by atoms with Crippen LogP contribution in [0.1, 0.15) is 18.6 Å². The van der Waals surface area contributed by atoms with Crippen LogP contribution >= 0.6 is 0 Å². The SMILES string of the molecule is O=C(C=Cc1ccco1)NC1CCCN(c2cccnn2)C1. The predicted octanol–water partition coefficient (Wildman–Crippen LogP) is 1.87. The Balaban J connectivity index is 1.55. The molecule has 1 unspecified atom stereocenters. The molecule has 1 fully saturated rings. The second-order valence-corrected chi connectivity index (χ2v) is 5.22. The number of furan rings is 1. The largest absolute Gasteiger partial charge is 0.465 e. The van der Waals surface area contributed by atoms with Crippen LogP contribution in [0.4, 0.5) is 5.82 Å². The van der Waals surface area contributed by atoms with Crippen molar-refractivity contribution in [3.63, 3.8) is 0 Å². The molecule has 2 aromatic rings. The number of nitrogens with one attached hydrogen (secondary N) is 1. The van der Waals surface area contributed by atoms with Gasteiger partial charge in [-0.1, -0.05) is 0 Å². The summed E-state index contributed by atoms with van der Waals surface area (Å²) in [5.41, 5.74) is 0. The molecule has 6 nitrogen and oxygen atoms in total. The summed E-state index contributed by atoms with van der Waals surface area (Å²) in [5, 5.41) is 11.0. The van der Waals surface area contributed by atoms with Crippen molar-refractivity contribution >= 4 is 17.8 Å². The Bertz CT molecular complexity index is 625. The molecule has 114 valence electrons. The number of nitrogens with zero attached hydrogens (tertiary/aromatic N) is 3. The first kappa shape index (κ1) is 14.3. The highest BCUT2D eigenvalue weighted by Crippen LogP contribution is 2.16. The average Bonchev–Trinajstić information content (AvgIpc) is 3.08. The van der Waals surface area contributed by atoms with Crippen molar-refractivity contribution in [1.29, 1.82) is 0 Å². The first-order valence-corrected chi connectivity index (χ1v) is 7.36. The van der Waals surface area contributed by atoms with E-state index in [9.17, 15) is 4.79 Å². The third-order valence-corrected chi connectivity index (χ3v) is 3.59. The van der Waals surface area contributed by atoms with Gasteiger partial charge in [0.25, 0.3) is 0 Å². The number of amides is 1. The van der Waals surface area contributed by atoms with Crippen LogP contribution < -0.4 is 10.2 Å². The van der Waals surface area contributed by atoms with Crippen LogP contribution in [0.15, 0.2) is 47.2 Å². The molecular formula is C16H18N4O2. The fraction of sp³-hybridized carbons (Fsp3) is 0.312. The summed E-state index contributed by atoms with van der Waals surface area (Å²) in [6.07, 6.45) is 8.39. The zero-order valence-electron chi connectivity index (χ0n) is 12.2. The molecule has 0 bridgehead atoms. The number of carbonyl (C=O) groups excluding carboxylic acids is 1. The van der Waals surface area contributed by atoms with Gasteiger partial charge in [-0.15, -0.1) is 5.10 Å². The van der Waals surface area contributed by atoms with Crippen molar-refractivity contribution in [2.45, 2.75) is 18.9 Å². The van der Waals surface area contributed by atoms with Gasteiger partial charge in [-0.25, -0.2) is 0 Å². The predicted molar refractivity (Wildman–Crippen MR) is 83.2 cm³/mol. The molecule has 1 N–H and O–H groups in total. The molecule has 1 aliphatic rings. The molecule has 0 saturated carbocycles. The van der Waals surface area contributed by atoms with Crippen molar-refractivity contribution in [2.24, 2.45) is 0 Å². The molecule has 0 aliphatic carbocycles. The Morgan fingerprint density at radius 2 is 2.36 bits per heavy atom. The number of hydrogen-bond donors (Lipinski definition) is 1. The molecular weight excluding hydrogens is 280 g/mol. The molecule has 1 amide bonds. The van der Waals surface area contributed by atoms with Gasteiger partial charge < -0.3 is 14.6 Å².